The maximum absolute atomic E-state index is 13.3. The van der Waals surface area contributed by atoms with Crippen LogP contribution in [0.15, 0.2) is 47.0 Å². The molecule has 0 radical (unpaired) electrons. The second-order valence-electron chi connectivity index (χ2n) is 7.89. The Morgan fingerprint density at radius 3 is 2.45 bits per heavy atom. The van der Waals surface area contributed by atoms with Gasteiger partial charge in [0.1, 0.15) is 5.69 Å². The van der Waals surface area contributed by atoms with Gasteiger partial charge in [0, 0.05) is 31.4 Å². The van der Waals surface area contributed by atoms with Crippen LogP contribution >= 0.6 is 23.2 Å². The van der Waals surface area contributed by atoms with E-state index in [1.54, 1.807) is 30.3 Å². The molecule has 1 fully saturated rings. The van der Waals surface area contributed by atoms with Crippen molar-refractivity contribution in [2.45, 2.75) is 18.9 Å². The van der Waals surface area contributed by atoms with Crippen LogP contribution < -0.4 is 5.32 Å². The van der Waals surface area contributed by atoms with E-state index in [0.717, 1.165) is 29.8 Å². The van der Waals surface area contributed by atoms with Gasteiger partial charge in [0.15, 0.2) is 0 Å². The van der Waals surface area contributed by atoms with Crippen LogP contribution in [0, 0.1) is 6.92 Å². The number of likely N-dealkylation sites (N-methyl/N-ethyl adjacent to an activating group) is 1. The van der Waals surface area contributed by atoms with Crippen molar-refractivity contribution < 1.29 is 14.7 Å². The number of amides is 1. The van der Waals surface area contributed by atoms with Crippen molar-refractivity contribution in [3.05, 3.63) is 75.1 Å². The second kappa shape index (κ2) is 9.30. The molecule has 2 heterocycles. The molecule has 6 nitrogen and oxygen atoms in total. The zero-order chi connectivity index (χ0) is 22.8. The number of aromatic nitrogens is 1. The Morgan fingerprint density at radius 2 is 1.90 bits per heavy atom. The summed E-state index contributed by atoms with van der Waals surface area (Å²) in [7, 11) is 3.83. The molecule has 31 heavy (non-hydrogen) atoms. The maximum Gasteiger partial charge on any atom is 0.335 e. The summed E-state index contributed by atoms with van der Waals surface area (Å²) in [5.74, 6) is -1.17. The summed E-state index contributed by atoms with van der Waals surface area (Å²) in [5.41, 5.74) is 4.11. The Balaban J connectivity index is 1.92. The minimum Gasteiger partial charge on any atom is -0.478 e. The average molecular weight is 462 g/mol. The molecule has 1 saturated heterocycles. The summed E-state index contributed by atoms with van der Waals surface area (Å²) in [6.07, 6.45) is 4.22. The van der Waals surface area contributed by atoms with Crippen LogP contribution in [0.25, 0.3) is 6.08 Å². The lowest BCUT2D eigenvalue weighted by Gasteiger charge is -2.31. The van der Waals surface area contributed by atoms with Gasteiger partial charge in [-0.25, -0.2) is 4.79 Å². The van der Waals surface area contributed by atoms with Gasteiger partial charge in [0.2, 0.25) is 0 Å². The average Bonchev–Trinajstić information content (AvgIpc) is 3.26. The number of allylic oxidation sites excluding steroid dienone is 2. The van der Waals surface area contributed by atoms with Crippen LogP contribution in [0.3, 0.4) is 0 Å². The molecule has 1 atom stereocenters. The van der Waals surface area contributed by atoms with E-state index in [1.165, 1.54) is 5.54 Å². The van der Waals surface area contributed by atoms with Crippen LogP contribution in [0.4, 0.5) is 0 Å². The summed E-state index contributed by atoms with van der Waals surface area (Å²) < 4.78 is 1.82. The Kier molecular flexibility index (Phi) is 6.94. The number of aromatic carboxylic acids is 1. The lowest BCUT2D eigenvalue weighted by molar-refractivity contribution is 0.0696. The molecule has 2 N–H and O–H groups in total. The molecular formula is C23H25Cl2N3O3. The van der Waals surface area contributed by atoms with Gasteiger partial charge in [-0.05, 0) is 61.9 Å². The quantitative estimate of drug-likeness (QED) is 0.627. The molecule has 1 aromatic carbocycles. The molecule has 0 bridgehead atoms. The number of nitrogens with zero attached hydrogens (tertiary/aromatic N) is 2. The summed E-state index contributed by atoms with van der Waals surface area (Å²) in [6.45, 7) is 3.39. The van der Waals surface area contributed by atoms with Crippen LogP contribution in [0.1, 0.15) is 44.1 Å². The number of nitrogens with one attached hydrogen (secondary N) is 1. The SMILES string of the molecule is Cc1cc(C(=O)NC2(c3ccc(C(=O)O)cc3)CCN(C)C2)n(C)c1/C=C\C(Cl)=C\Cl. The van der Waals surface area contributed by atoms with Gasteiger partial charge >= 0.3 is 5.97 Å². The molecule has 1 aliphatic heterocycles. The number of carboxylic acids is 1. The molecule has 0 aliphatic carbocycles. The maximum atomic E-state index is 13.3. The fraction of sp³-hybridized carbons (Fsp3) is 0.304. The number of aryl methyl sites for hydroxylation is 1. The normalized spacial score (nSPS) is 19.8. The lowest BCUT2D eigenvalue weighted by Crippen LogP contribution is -2.48. The van der Waals surface area contributed by atoms with E-state index in [0.29, 0.717) is 17.3 Å². The number of hydrogen-bond acceptors (Lipinski definition) is 3. The zero-order valence-electron chi connectivity index (χ0n) is 17.7. The lowest BCUT2D eigenvalue weighted by atomic mass is 9.88. The monoisotopic (exact) mass is 461 g/mol. The first-order valence-electron chi connectivity index (χ1n) is 9.82. The standard InChI is InChI=1S/C23H25Cl2N3O3/c1-15-12-20(28(3)19(15)9-8-18(25)13-24)21(29)26-23(10-11-27(2)14-23)17-6-4-16(5-7-17)22(30)31/h4-9,12-13H,10-11,14H2,1-3H3,(H,26,29)(H,30,31)/b9-8-,18-13-. The number of carboxylic acid groups (broad SMARTS) is 1. The van der Waals surface area contributed by atoms with Gasteiger partial charge in [-0.2, -0.15) is 0 Å². The highest BCUT2D eigenvalue weighted by Crippen LogP contribution is 2.32. The Bertz CT molecular complexity index is 1060. The third-order valence-corrected chi connectivity index (χ3v) is 6.30. The highest BCUT2D eigenvalue weighted by atomic mass is 35.5. The van der Waals surface area contributed by atoms with Gasteiger partial charge in [0.25, 0.3) is 5.91 Å². The van der Waals surface area contributed by atoms with Crippen molar-refractivity contribution >= 4 is 41.2 Å². The molecule has 1 amide bonds. The molecule has 0 saturated carbocycles. The van der Waals surface area contributed by atoms with Gasteiger partial charge in [-0.1, -0.05) is 35.3 Å². The molecule has 2 aromatic rings. The second-order valence-corrected chi connectivity index (χ2v) is 8.55. The summed E-state index contributed by atoms with van der Waals surface area (Å²) in [5, 5.41) is 12.8. The molecular weight excluding hydrogens is 437 g/mol. The molecule has 8 heteroatoms. The number of carbonyl (C=O) groups excluding carboxylic acids is 1. The number of benzene rings is 1. The van der Waals surface area contributed by atoms with Gasteiger partial charge in [-0.3, -0.25) is 4.79 Å². The van der Waals surface area contributed by atoms with E-state index in [4.69, 9.17) is 23.2 Å². The fourth-order valence-electron chi connectivity index (χ4n) is 4.05. The predicted octanol–water partition coefficient (Wildman–Crippen LogP) is 4.32. The van der Waals surface area contributed by atoms with Gasteiger partial charge in [0.05, 0.1) is 16.1 Å². The molecule has 1 aliphatic rings. The summed E-state index contributed by atoms with van der Waals surface area (Å²) in [4.78, 5) is 26.7. The predicted molar refractivity (Wildman–Crippen MR) is 124 cm³/mol. The molecule has 1 aromatic heterocycles. The van der Waals surface area contributed by atoms with Crippen molar-refractivity contribution in [1.82, 2.24) is 14.8 Å². The highest BCUT2D eigenvalue weighted by molar-refractivity contribution is 6.37. The number of hydrogen-bond donors (Lipinski definition) is 2. The van der Waals surface area contributed by atoms with Crippen molar-refractivity contribution in [3.63, 3.8) is 0 Å². The third kappa shape index (κ3) is 4.87. The van der Waals surface area contributed by atoms with E-state index >= 15 is 0 Å². The summed E-state index contributed by atoms with van der Waals surface area (Å²) >= 11 is 11.6. The minimum absolute atomic E-state index is 0.193. The largest absolute Gasteiger partial charge is 0.478 e. The van der Waals surface area contributed by atoms with Crippen molar-refractivity contribution in [1.29, 1.82) is 0 Å². The van der Waals surface area contributed by atoms with Crippen molar-refractivity contribution in [2.24, 2.45) is 7.05 Å². The van der Waals surface area contributed by atoms with E-state index in [2.05, 4.69) is 10.2 Å². The topological polar surface area (TPSA) is 74.6 Å². The molecule has 3 rings (SSSR count). The van der Waals surface area contributed by atoms with Crippen LogP contribution in [0.2, 0.25) is 0 Å². The van der Waals surface area contributed by atoms with E-state index in [-0.39, 0.29) is 11.5 Å². The van der Waals surface area contributed by atoms with E-state index in [9.17, 15) is 14.7 Å². The third-order valence-electron chi connectivity index (χ3n) is 5.71. The van der Waals surface area contributed by atoms with Gasteiger partial charge < -0.3 is 19.9 Å². The fourth-order valence-corrected chi connectivity index (χ4v) is 4.19. The highest BCUT2D eigenvalue weighted by Gasteiger charge is 2.40. The first-order chi connectivity index (χ1) is 14.7. The van der Waals surface area contributed by atoms with Crippen LogP contribution in [0.5, 0.6) is 0 Å². The Labute approximate surface area is 191 Å². The zero-order valence-corrected chi connectivity index (χ0v) is 19.2. The minimum atomic E-state index is -0.975. The number of rotatable bonds is 6. The van der Waals surface area contributed by atoms with Crippen LogP contribution in [-0.2, 0) is 12.6 Å². The first kappa shape index (κ1) is 23.1. The number of carbonyl (C=O) groups is 2. The number of likely N-dealkylation sites (tertiary alicyclic amines) is 1. The Morgan fingerprint density at radius 1 is 1.23 bits per heavy atom. The molecule has 1 unspecified atom stereocenters. The van der Waals surface area contributed by atoms with E-state index in [1.807, 2.05) is 37.7 Å². The van der Waals surface area contributed by atoms with Crippen molar-refractivity contribution in [3.8, 4) is 0 Å². The molecule has 164 valence electrons. The summed E-state index contributed by atoms with van der Waals surface area (Å²) in [6, 6.07) is 8.57. The van der Waals surface area contributed by atoms with Gasteiger partial charge in [-0.15, -0.1) is 0 Å². The smallest absolute Gasteiger partial charge is 0.335 e. The van der Waals surface area contributed by atoms with Crippen molar-refractivity contribution in [2.75, 3.05) is 20.1 Å². The van der Waals surface area contributed by atoms with Crippen LogP contribution in [-0.4, -0.2) is 46.6 Å². The Hall–Kier alpha value is -2.54. The number of halogens is 2. The van der Waals surface area contributed by atoms with E-state index < -0.39 is 11.5 Å². The first-order valence-corrected chi connectivity index (χ1v) is 10.6. The molecule has 0 spiro atoms.